The minimum atomic E-state index is -0.0225. The van der Waals surface area contributed by atoms with E-state index in [2.05, 4.69) is 4.98 Å². The zero-order chi connectivity index (χ0) is 16.9. The van der Waals surface area contributed by atoms with E-state index >= 15 is 0 Å². The van der Waals surface area contributed by atoms with Crippen molar-refractivity contribution in [3.63, 3.8) is 0 Å². The van der Waals surface area contributed by atoms with Crippen LogP contribution < -0.4 is 9.47 Å². The molecule has 0 fully saturated rings. The van der Waals surface area contributed by atoms with Crippen molar-refractivity contribution in [1.29, 1.82) is 0 Å². The fourth-order valence-corrected chi connectivity index (χ4v) is 3.14. The van der Waals surface area contributed by atoms with Crippen LogP contribution in [-0.4, -0.2) is 30.7 Å². The summed E-state index contributed by atoms with van der Waals surface area (Å²) in [6, 6.07) is 17.1. The van der Waals surface area contributed by atoms with Crippen LogP contribution in [0.5, 0.6) is 11.5 Å². The second-order valence-corrected chi connectivity index (χ2v) is 6.12. The SMILES string of the molecule is COc1ccc(OC)c(C(=O)CSc2ccc3ccccc3n2)c1. The molecule has 0 aliphatic heterocycles. The Morgan fingerprint density at radius 2 is 1.88 bits per heavy atom. The van der Waals surface area contributed by atoms with Gasteiger partial charge in [-0.1, -0.05) is 36.0 Å². The first kappa shape index (κ1) is 16.3. The van der Waals surface area contributed by atoms with E-state index in [1.165, 1.54) is 11.8 Å². The topological polar surface area (TPSA) is 48.4 Å². The zero-order valence-electron chi connectivity index (χ0n) is 13.5. The first-order chi connectivity index (χ1) is 11.7. The Hall–Kier alpha value is -2.53. The van der Waals surface area contributed by atoms with Gasteiger partial charge in [-0.25, -0.2) is 4.98 Å². The second kappa shape index (κ2) is 7.36. The molecule has 0 spiro atoms. The fraction of sp³-hybridized carbons (Fsp3) is 0.158. The van der Waals surface area contributed by atoms with Crippen molar-refractivity contribution in [2.45, 2.75) is 5.03 Å². The van der Waals surface area contributed by atoms with Gasteiger partial charge in [0.05, 0.1) is 36.1 Å². The molecule has 0 amide bonds. The van der Waals surface area contributed by atoms with Crippen molar-refractivity contribution in [1.82, 2.24) is 4.98 Å². The lowest BCUT2D eigenvalue weighted by Gasteiger charge is -2.09. The van der Waals surface area contributed by atoms with Gasteiger partial charge in [0.1, 0.15) is 11.5 Å². The Balaban J connectivity index is 1.77. The Bertz CT molecular complexity index is 879. The quantitative estimate of drug-likeness (QED) is 0.497. The number of pyridine rings is 1. The number of hydrogen-bond donors (Lipinski definition) is 0. The highest BCUT2D eigenvalue weighted by Crippen LogP contribution is 2.27. The van der Waals surface area contributed by atoms with Crippen LogP contribution in [0.1, 0.15) is 10.4 Å². The average Bonchev–Trinajstić information content (AvgIpc) is 2.65. The predicted octanol–water partition coefficient (Wildman–Crippen LogP) is 4.23. The predicted molar refractivity (Wildman–Crippen MR) is 96.3 cm³/mol. The molecule has 24 heavy (non-hydrogen) atoms. The first-order valence-corrected chi connectivity index (χ1v) is 8.43. The van der Waals surface area contributed by atoms with E-state index in [0.29, 0.717) is 17.1 Å². The molecule has 0 aliphatic carbocycles. The highest BCUT2D eigenvalue weighted by molar-refractivity contribution is 7.99. The number of rotatable bonds is 6. The third kappa shape index (κ3) is 3.51. The van der Waals surface area contributed by atoms with Gasteiger partial charge in [0.2, 0.25) is 0 Å². The van der Waals surface area contributed by atoms with Crippen LogP contribution in [-0.2, 0) is 0 Å². The summed E-state index contributed by atoms with van der Waals surface area (Å²) in [7, 11) is 3.13. The molecule has 0 N–H and O–H groups in total. The minimum absolute atomic E-state index is 0.0225. The van der Waals surface area contributed by atoms with Gasteiger partial charge in [0.15, 0.2) is 5.78 Å². The average molecular weight is 339 g/mol. The molecule has 0 radical (unpaired) electrons. The number of para-hydroxylation sites is 1. The van der Waals surface area contributed by atoms with Crippen molar-refractivity contribution >= 4 is 28.4 Å². The number of Topliss-reactive ketones (excluding diaryl/α,β-unsaturated/α-hetero) is 1. The molecule has 0 saturated heterocycles. The number of nitrogens with zero attached hydrogens (tertiary/aromatic N) is 1. The lowest BCUT2D eigenvalue weighted by Crippen LogP contribution is -2.05. The number of aromatic nitrogens is 1. The molecule has 0 atom stereocenters. The third-order valence-corrected chi connectivity index (χ3v) is 4.56. The molecule has 1 aromatic heterocycles. The van der Waals surface area contributed by atoms with Gasteiger partial charge in [-0.3, -0.25) is 4.79 Å². The largest absolute Gasteiger partial charge is 0.497 e. The summed E-state index contributed by atoms with van der Waals surface area (Å²) in [5.74, 6) is 1.45. The van der Waals surface area contributed by atoms with Gasteiger partial charge >= 0.3 is 0 Å². The van der Waals surface area contributed by atoms with Crippen molar-refractivity contribution in [2.24, 2.45) is 0 Å². The maximum atomic E-state index is 12.5. The van der Waals surface area contributed by atoms with Gasteiger partial charge in [-0.15, -0.1) is 0 Å². The molecule has 2 aromatic carbocycles. The molecule has 3 rings (SSSR count). The molecule has 0 aliphatic rings. The monoisotopic (exact) mass is 339 g/mol. The van der Waals surface area contributed by atoms with Crippen LogP contribution >= 0.6 is 11.8 Å². The van der Waals surface area contributed by atoms with Gasteiger partial charge in [0.25, 0.3) is 0 Å². The molecule has 0 unspecified atom stereocenters. The van der Waals surface area contributed by atoms with E-state index in [4.69, 9.17) is 9.47 Å². The second-order valence-electron chi connectivity index (χ2n) is 5.12. The third-order valence-electron chi connectivity index (χ3n) is 3.63. The van der Waals surface area contributed by atoms with Gasteiger partial charge in [-0.2, -0.15) is 0 Å². The molecular weight excluding hydrogens is 322 g/mol. The number of methoxy groups -OCH3 is 2. The van der Waals surface area contributed by atoms with Crippen LogP contribution in [0, 0.1) is 0 Å². The number of hydrogen-bond acceptors (Lipinski definition) is 5. The van der Waals surface area contributed by atoms with E-state index in [1.807, 2.05) is 36.4 Å². The molecule has 5 heteroatoms. The Kier molecular flexibility index (Phi) is 5.01. The van der Waals surface area contributed by atoms with Gasteiger partial charge in [0, 0.05) is 5.39 Å². The summed E-state index contributed by atoms with van der Waals surface area (Å²) >= 11 is 1.41. The fourth-order valence-electron chi connectivity index (χ4n) is 2.38. The van der Waals surface area contributed by atoms with Crippen LogP contribution in [0.2, 0.25) is 0 Å². The maximum absolute atomic E-state index is 12.5. The van der Waals surface area contributed by atoms with Crippen molar-refractivity contribution < 1.29 is 14.3 Å². The van der Waals surface area contributed by atoms with Crippen molar-refractivity contribution in [3.8, 4) is 11.5 Å². The summed E-state index contributed by atoms with van der Waals surface area (Å²) in [4.78, 5) is 17.1. The number of carbonyl (C=O) groups is 1. The van der Waals surface area contributed by atoms with Gasteiger partial charge < -0.3 is 9.47 Å². The smallest absolute Gasteiger partial charge is 0.176 e. The van der Waals surface area contributed by atoms with Crippen LogP contribution in [0.15, 0.2) is 59.6 Å². The molecule has 122 valence electrons. The summed E-state index contributed by atoms with van der Waals surface area (Å²) in [5, 5.41) is 1.91. The summed E-state index contributed by atoms with van der Waals surface area (Å²) < 4.78 is 10.5. The van der Waals surface area contributed by atoms with E-state index < -0.39 is 0 Å². The molecular formula is C19H17NO3S. The van der Waals surface area contributed by atoms with E-state index in [1.54, 1.807) is 32.4 Å². The number of ether oxygens (including phenoxy) is 2. The van der Waals surface area contributed by atoms with Gasteiger partial charge in [-0.05, 0) is 30.3 Å². The summed E-state index contributed by atoms with van der Waals surface area (Å²) in [6.45, 7) is 0. The lowest BCUT2D eigenvalue weighted by molar-refractivity contribution is 0.101. The highest BCUT2D eigenvalue weighted by Gasteiger charge is 2.14. The Morgan fingerprint density at radius 1 is 1.04 bits per heavy atom. The number of thioether (sulfide) groups is 1. The molecule has 1 heterocycles. The first-order valence-electron chi connectivity index (χ1n) is 7.45. The standard InChI is InChI=1S/C19H17NO3S/c1-22-14-8-9-18(23-2)15(11-14)17(21)12-24-19-10-7-13-5-3-4-6-16(13)20-19/h3-11H,12H2,1-2H3. The van der Waals surface area contributed by atoms with E-state index in [0.717, 1.165) is 15.9 Å². The Morgan fingerprint density at radius 3 is 2.67 bits per heavy atom. The number of benzene rings is 2. The highest BCUT2D eigenvalue weighted by atomic mass is 32.2. The molecule has 3 aromatic rings. The minimum Gasteiger partial charge on any atom is -0.497 e. The number of fused-ring (bicyclic) bond motifs is 1. The molecule has 0 bridgehead atoms. The van der Waals surface area contributed by atoms with Crippen LogP contribution in [0.4, 0.5) is 0 Å². The lowest BCUT2D eigenvalue weighted by atomic mass is 10.1. The normalized spacial score (nSPS) is 10.6. The zero-order valence-corrected chi connectivity index (χ0v) is 14.3. The van der Waals surface area contributed by atoms with Crippen LogP contribution in [0.25, 0.3) is 10.9 Å². The summed E-state index contributed by atoms with van der Waals surface area (Å²) in [5.41, 5.74) is 1.44. The van der Waals surface area contributed by atoms with E-state index in [-0.39, 0.29) is 11.5 Å². The van der Waals surface area contributed by atoms with E-state index in [9.17, 15) is 4.79 Å². The van der Waals surface area contributed by atoms with Crippen molar-refractivity contribution in [2.75, 3.05) is 20.0 Å². The maximum Gasteiger partial charge on any atom is 0.176 e. The van der Waals surface area contributed by atoms with Crippen LogP contribution in [0.3, 0.4) is 0 Å². The number of carbonyl (C=O) groups excluding carboxylic acids is 1. The molecule has 4 nitrogen and oxygen atoms in total. The number of ketones is 1. The Labute approximate surface area is 144 Å². The van der Waals surface area contributed by atoms with Crippen molar-refractivity contribution in [3.05, 3.63) is 60.2 Å². The summed E-state index contributed by atoms with van der Waals surface area (Å²) in [6.07, 6.45) is 0. The molecule has 0 saturated carbocycles.